The Labute approximate surface area is 192 Å². The van der Waals surface area contributed by atoms with Crippen molar-refractivity contribution in [3.05, 3.63) is 11.4 Å². The number of hydrogen-bond acceptors (Lipinski definition) is 6. The largest absolute Gasteiger partial charge is 1.00 e. The first kappa shape index (κ1) is 28.5. The minimum Gasteiger partial charge on any atom is -1.00 e. The summed E-state index contributed by atoms with van der Waals surface area (Å²) in [6, 6.07) is 0. The molecule has 0 aromatic carbocycles. The fourth-order valence-corrected chi connectivity index (χ4v) is 3.46. The van der Waals surface area contributed by atoms with Crippen LogP contribution in [0.4, 0.5) is 11.8 Å². The van der Waals surface area contributed by atoms with Crippen LogP contribution in [0.3, 0.4) is 0 Å². The van der Waals surface area contributed by atoms with Crippen LogP contribution in [0, 0.1) is 0 Å². The molecule has 0 saturated carbocycles. The number of aromatic nitrogens is 4. The highest BCUT2D eigenvalue weighted by Crippen LogP contribution is 2.14. The molecule has 2 aromatic rings. The van der Waals surface area contributed by atoms with Gasteiger partial charge < -0.3 is 36.3 Å². The zero-order valence-corrected chi connectivity index (χ0v) is 19.9. The van der Waals surface area contributed by atoms with Gasteiger partial charge in [-0.3, -0.25) is 9.05 Å². The van der Waals surface area contributed by atoms with Crippen molar-refractivity contribution >= 4 is 11.8 Å². The Morgan fingerprint density at radius 1 is 0.633 bits per heavy atom. The lowest BCUT2D eigenvalue weighted by Gasteiger charge is -1.98. The van der Waals surface area contributed by atoms with Crippen molar-refractivity contribution in [1.29, 1.82) is 0 Å². The predicted molar refractivity (Wildman–Crippen MR) is 107 cm³/mol. The van der Waals surface area contributed by atoms with E-state index in [1.54, 1.807) is 0 Å². The van der Waals surface area contributed by atoms with Gasteiger partial charge in [0.05, 0.1) is 0 Å². The van der Waals surface area contributed by atoms with Gasteiger partial charge in [0.25, 0.3) is 23.2 Å². The molecular weight excluding hydrogens is 427 g/mol. The number of nitrogens with zero attached hydrogens (tertiary/aromatic N) is 4. The van der Waals surface area contributed by atoms with Crippen LogP contribution in [-0.4, -0.2) is 10.5 Å². The Hall–Kier alpha value is -1.54. The first-order valence-electron chi connectivity index (χ1n) is 11.0. The van der Waals surface area contributed by atoms with Gasteiger partial charge in [0.2, 0.25) is 10.5 Å². The van der Waals surface area contributed by atoms with Gasteiger partial charge in [-0.25, -0.2) is 0 Å². The van der Waals surface area contributed by atoms with E-state index in [2.05, 4.69) is 24.4 Å². The number of anilines is 2. The minimum absolute atomic E-state index is 0. The van der Waals surface area contributed by atoms with Crippen molar-refractivity contribution in [1.82, 2.24) is 10.5 Å². The van der Waals surface area contributed by atoms with Crippen molar-refractivity contribution < 1.29 is 43.2 Å². The van der Waals surface area contributed by atoms with Crippen LogP contribution in [0.15, 0.2) is 9.05 Å². The van der Waals surface area contributed by atoms with Crippen molar-refractivity contribution in [3.63, 3.8) is 0 Å². The first-order valence-corrected chi connectivity index (χ1v) is 11.0. The third-order valence-electron chi connectivity index (χ3n) is 5.19. The molecule has 4 N–H and O–H groups in total. The molecule has 0 aliphatic heterocycles. The second kappa shape index (κ2) is 16.2. The molecule has 174 valence electrons. The summed E-state index contributed by atoms with van der Waals surface area (Å²) in [7, 11) is 0. The highest BCUT2D eigenvalue weighted by atomic mass is 35.5. The van der Waals surface area contributed by atoms with Crippen molar-refractivity contribution in [2.75, 3.05) is 11.5 Å². The molecule has 30 heavy (non-hydrogen) atoms. The molecule has 2 heterocycles. The number of aryl methyl sites for hydroxylation is 2. The maximum absolute atomic E-state index is 5.98. The van der Waals surface area contributed by atoms with E-state index in [-0.39, 0.29) is 24.8 Å². The zero-order valence-electron chi connectivity index (χ0n) is 18.4. The molecule has 0 amide bonds. The second-order valence-electron chi connectivity index (χ2n) is 7.54. The summed E-state index contributed by atoms with van der Waals surface area (Å²) < 4.78 is 14.2. The lowest BCUT2D eigenvalue weighted by atomic mass is 10.1. The van der Waals surface area contributed by atoms with Crippen molar-refractivity contribution in [2.24, 2.45) is 0 Å². The molecule has 10 heteroatoms. The predicted octanol–water partition coefficient (Wildman–Crippen LogP) is -2.86. The van der Waals surface area contributed by atoms with E-state index in [0.717, 1.165) is 63.0 Å². The van der Waals surface area contributed by atoms with E-state index in [1.807, 2.05) is 9.36 Å². The van der Waals surface area contributed by atoms with Gasteiger partial charge >= 0.3 is 0 Å². The van der Waals surface area contributed by atoms with Gasteiger partial charge in [-0.1, -0.05) is 39.5 Å². The average molecular weight is 465 g/mol. The Morgan fingerprint density at radius 3 is 1.40 bits per heavy atom. The van der Waals surface area contributed by atoms with Gasteiger partial charge in [-0.15, -0.1) is 0 Å². The average Bonchev–Trinajstić information content (AvgIpc) is 3.22. The molecule has 0 saturated heterocycles. The van der Waals surface area contributed by atoms with Crippen LogP contribution in [-0.2, 0) is 25.9 Å². The second-order valence-corrected chi connectivity index (χ2v) is 7.54. The summed E-state index contributed by atoms with van der Waals surface area (Å²) in [6.45, 7) is 6.16. The van der Waals surface area contributed by atoms with Gasteiger partial charge in [-0.2, -0.15) is 0 Å². The normalized spacial score (nSPS) is 10.6. The van der Waals surface area contributed by atoms with Crippen LogP contribution >= 0.6 is 0 Å². The molecule has 0 radical (unpaired) electrons. The van der Waals surface area contributed by atoms with E-state index in [4.69, 9.17) is 20.5 Å². The van der Waals surface area contributed by atoms with Crippen LogP contribution in [0.1, 0.15) is 89.4 Å². The van der Waals surface area contributed by atoms with E-state index in [0.29, 0.717) is 11.8 Å². The summed E-state index contributed by atoms with van der Waals surface area (Å²) in [5, 5.41) is 8.17. The fourth-order valence-electron chi connectivity index (χ4n) is 3.46. The number of nitrogens with two attached hydrogens (primary N) is 2. The number of unbranched alkanes of at least 4 members (excludes halogenated alkanes) is 7. The maximum atomic E-state index is 5.98. The molecule has 0 atom stereocenters. The quantitative estimate of drug-likeness (QED) is 0.216. The molecule has 0 fully saturated rings. The van der Waals surface area contributed by atoms with Crippen molar-refractivity contribution in [3.8, 4) is 0 Å². The molecular formula is C20H38Cl2N6O2. The Morgan fingerprint density at radius 2 is 1.03 bits per heavy atom. The Kier molecular flexibility index (Phi) is 15.4. The van der Waals surface area contributed by atoms with Crippen LogP contribution < -0.4 is 45.6 Å². The highest BCUT2D eigenvalue weighted by molar-refractivity contribution is 5.26. The minimum atomic E-state index is 0. The summed E-state index contributed by atoms with van der Waals surface area (Å²) >= 11 is 0. The Bertz CT molecular complexity index is 635. The molecule has 2 aromatic heterocycles. The van der Waals surface area contributed by atoms with Crippen LogP contribution in [0.25, 0.3) is 0 Å². The van der Waals surface area contributed by atoms with Crippen molar-refractivity contribution in [2.45, 2.75) is 104 Å². The summed E-state index contributed by atoms with van der Waals surface area (Å²) in [6.07, 6.45) is 13.3. The van der Waals surface area contributed by atoms with E-state index < -0.39 is 0 Å². The zero-order chi connectivity index (χ0) is 20.2. The third-order valence-corrected chi connectivity index (χ3v) is 5.19. The molecule has 0 aliphatic carbocycles. The van der Waals surface area contributed by atoms with Gasteiger partial charge in [-0.05, 0) is 35.0 Å². The number of nitrogen functional groups attached to an aromatic ring is 2. The maximum Gasteiger partial charge on any atom is 0.296 e. The van der Waals surface area contributed by atoms with Crippen LogP contribution in [0.2, 0.25) is 0 Å². The third kappa shape index (κ3) is 9.08. The van der Waals surface area contributed by atoms with Gasteiger partial charge in [0, 0.05) is 25.7 Å². The van der Waals surface area contributed by atoms with E-state index in [1.165, 1.54) is 38.5 Å². The molecule has 0 aliphatic rings. The van der Waals surface area contributed by atoms with E-state index in [9.17, 15) is 0 Å². The fraction of sp³-hybridized carbons (Fsp3) is 0.800. The van der Waals surface area contributed by atoms with E-state index >= 15 is 0 Å². The summed E-state index contributed by atoms with van der Waals surface area (Å²) in [5.74, 6) is 0.872. The molecule has 2 rings (SSSR count). The number of hydrogen-bond donors (Lipinski definition) is 2. The molecule has 0 bridgehead atoms. The highest BCUT2D eigenvalue weighted by Gasteiger charge is 2.24. The lowest BCUT2D eigenvalue weighted by Crippen LogP contribution is -3.00. The van der Waals surface area contributed by atoms with Gasteiger partial charge in [0.1, 0.15) is 0 Å². The topological polar surface area (TPSA) is 112 Å². The monoisotopic (exact) mass is 464 g/mol. The molecule has 8 nitrogen and oxygen atoms in total. The summed E-state index contributed by atoms with van der Waals surface area (Å²) in [5.41, 5.74) is 14.0. The standard InChI is InChI=1S/C20H38N6O2.2ClH/c1-3-5-7-11-15-25-17(19(21)27-23-25)13-9-10-14-18-20(22)28-24-26(18)16-12-8-6-4-2;;/h3-16,21-22H2,1-2H3;2*1H/q+2;;/p-2. The number of halogens is 2. The van der Waals surface area contributed by atoms with Gasteiger partial charge in [0.15, 0.2) is 13.1 Å². The van der Waals surface area contributed by atoms with Crippen LogP contribution in [0.5, 0.6) is 0 Å². The molecule has 0 spiro atoms. The first-order chi connectivity index (χ1) is 13.7. The Balaban J connectivity index is 0.00000420. The molecule has 0 unspecified atom stereocenters. The summed E-state index contributed by atoms with van der Waals surface area (Å²) in [4.78, 5) is 0. The lowest BCUT2D eigenvalue weighted by molar-refractivity contribution is -0.769. The number of rotatable bonds is 15. The smallest absolute Gasteiger partial charge is 0.296 e. The SMILES string of the molecule is CCCCCC[n+]1noc(N)c1CCCCc1c(N)on[n+]1CCCCCC.[Cl-].[Cl-].